The van der Waals surface area contributed by atoms with Gasteiger partial charge in [0.25, 0.3) is 0 Å². The van der Waals surface area contributed by atoms with Gasteiger partial charge in [-0.1, -0.05) is 36.4 Å². The number of rotatable bonds is 6. The van der Waals surface area contributed by atoms with Crippen LogP contribution in [0.15, 0.2) is 89.8 Å². The Hall–Kier alpha value is -2.36. The van der Waals surface area contributed by atoms with Crippen molar-refractivity contribution in [2.24, 2.45) is 0 Å². The van der Waals surface area contributed by atoms with Crippen LogP contribution in [-0.4, -0.2) is 0 Å². The molecule has 0 saturated carbocycles. The second-order valence-corrected chi connectivity index (χ2v) is 6.80. The van der Waals surface area contributed by atoms with Gasteiger partial charge >= 0.3 is 7.82 Å². The first-order valence-electron chi connectivity index (χ1n) is 7.21. The lowest BCUT2D eigenvalue weighted by atomic mass is 10.3. The molecule has 4 nitrogen and oxygen atoms in total. The number of hydrogen-bond acceptors (Lipinski definition) is 5. The Morgan fingerprint density at radius 3 is 1.38 bits per heavy atom. The molecule has 0 unspecified atom stereocenters. The van der Waals surface area contributed by atoms with Gasteiger partial charge in [-0.15, -0.1) is 12.6 Å². The molecular weight excluding hydrogens is 343 g/mol. The van der Waals surface area contributed by atoms with Gasteiger partial charge in [-0.3, -0.25) is 0 Å². The quantitative estimate of drug-likeness (QED) is 0.459. The van der Waals surface area contributed by atoms with E-state index in [9.17, 15) is 4.57 Å². The summed E-state index contributed by atoms with van der Waals surface area (Å²) in [6.45, 7) is 0. The SMILES string of the molecule is O=P(Oc1ccccc1)(Oc1ccccc1)Oc1ccc(S)cc1. The topological polar surface area (TPSA) is 44.8 Å². The second kappa shape index (κ2) is 7.47. The van der Waals surface area contributed by atoms with Crippen LogP contribution in [0.5, 0.6) is 17.2 Å². The molecule has 6 heteroatoms. The van der Waals surface area contributed by atoms with Crippen molar-refractivity contribution < 1.29 is 18.1 Å². The zero-order valence-corrected chi connectivity index (χ0v) is 14.4. The monoisotopic (exact) mass is 358 g/mol. The minimum atomic E-state index is -3.93. The summed E-state index contributed by atoms with van der Waals surface area (Å²) in [4.78, 5) is 0.769. The van der Waals surface area contributed by atoms with Crippen molar-refractivity contribution >= 4 is 20.5 Å². The molecular formula is C18H15O4PS. The Labute approximate surface area is 146 Å². The summed E-state index contributed by atoms with van der Waals surface area (Å²) in [6, 6.07) is 24.3. The van der Waals surface area contributed by atoms with Crippen LogP contribution in [0.3, 0.4) is 0 Å². The second-order valence-electron chi connectivity index (χ2n) is 4.84. The molecule has 24 heavy (non-hydrogen) atoms. The molecule has 0 atom stereocenters. The summed E-state index contributed by atoms with van der Waals surface area (Å²) in [7, 11) is -3.93. The van der Waals surface area contributed by atoms with Crippen molar-refractivity contribution in [3.63, 3.8) is 0 Å². The Bertz CT molecular complexity index is 777. The molecule has 3 aromatic carbocycles. The first-order valence-corrected chi connectivity index (χ1v) is 9.12. The Morgan fingerprint density at radius 1 is 0.583 bits per heavy atom. The third kappa shape index (κ3) is 4.57. The van der Waals surface area contributed by atoms with Gasteiger partial charge < -0.3 is 13.6 Å². The highest BCUT2D eigenvalue weighted by atomic mass is 32.1. The van der Waals surface area contributed by atoms with Crippen molar-refractivity contribution in [3.05, 3.63) is 84.9 Å². The Morgan fingerprint density at radius 2 is 0.958 bits per heavy atom. The van der Waals surface area contributed by atoms with E-state index in [1.807, 2.05) is 12.1 Å². The number of phosphoric ester groups is 1. The van der Waals surface area contributed by atoms with Gasteiger partial charge in [0.1, 0.15) is 17.2 Å². The van der Waals surface area contributed by atoms with Gasteiger partial charge in [0.15, 0.2) is 0 Å². The van der Waals surface area contributed by atoms with Gasteiger partial charge in [0.05, 0.1) is 0 Å². The van der Waals surface area contributed by atoms with E-state index in [0.717, 1.165) is 4.90 Å². The number of benzene rings is 3. The highest BCUT2D eigenvalue weighted by Crippen LogP contribution is 2.49. The summed E-state index contributed by atoms with van der Waals surface area (Å²) in [5, 5.41) is 0. The van der Waals surface area contributed by atoms with Crippen molar-refractivity contribution in [1.82, 2.24) is 0 Å². The first-order chi connectivity index (χ1) is 11.6. The van der Waals surface area contributed by atoms with E-state index >= 15 is 0 Å². The molecule has 0 amide bonds. The molecule has 0 heterocycles. The predicted molar refractivity (Wildman–Crippen MR) is 96.1 cm³/mol. The zero-order valence-electron chi connectivity index (χ0n) is 12.6. The lowest BCUT2D eigenvalue weighted by Gasteiger charge is -2.19. The molecule has 0 aromatic heterocycles. The molecule has 0 saturated heterocycles. The summed E-state index contributed by atoms with van der Waals surface area (Å²) < 4.78 is 29.7. The normalized spacial score (nSPS) is 10.9. The van der Waals surface area contributed by atoms with Crippen LogP contribution >= 0.6 is 20.5 Å². The van der Waals surface area contributed by atoms with E-state index in [-0.39, 0.29) is 0 Å². The van der Waals surface area contributed by atoms with Gasteiger partial charge in [0.2, 0.25) is 0 Å². The molecule has 3 aromatic rings. The smallest absolute Gasteiger partial charge is 0.386 e. The van der Waals surface area contributed by atoms with E-state index in [4.69, 9.17) is 13.6 Å². The molecule has 0 aliphatic carbocycles. The van der Waals surface area contributed by atoms with Gasteiger partial charge in [-0.25, -0.2) is 0 Å². The lowest BCUT2D eigenvalue weighted by molar-refractivity contribution is 0.298. The van der Waals surface area contributed by atoms with Crippen molar-refractivity contribution in [2.45, 2.75) is 4.90 Å². The minimum Gasteiger partial charge on any atom is -0.386 e. The van der Waals surface area contributed by atoms with Crippen LogP contribution in [0.1, 0.15) is 0 Å². The standard InChI is InChI=1S/C18H15O4PS/c19-23(20-15-7-3-1-4-8-15,21-16-9-5-2-6-10-16)22-17-11-13-18(24)14-12-17/h1-14,24H. The number of hydrogen-bond donors (Lipinski definition) is 1. The summed E-state index contributed by atoms with van der Waals surface area (Å²) in [5.41, 5.74) is 0. The number of phosphoric acid groups is 1. The molecule has 0 spiro atoms. The summed E-state index contributed by atoms with van der Waals surface area (Å²) >= 11 is 4.22. The molecule has 0 N–H and O–H groups in total. The summed E-state index contributed by atoms with van der Waals surface area (Å²) in [6.07, 6.45) is 0. The van der Waals surface area contributed by atoms with E-state index in [1.165, 1.54) is 0 Å². The average Bonchev–Trinajstić information content (AvgIpc) is 2.58. The van der Waals surface area contributed by atoms with E-state index < -0.39 is 7.82 Å². The van der Waals surface area contributed by atoms with Gasteiger partial charge in [0, 0.05) is 4.90 Å². The fourth-order valence-electron chi connectivity index (χ4n) is 1.91. The molecule has 0 aliphatic heterocycles. The molecule has 0 bridgehead atoms. The molecule has 122 valence electrons. The van der Waals surface area contributed by atoms with Gasteiger partial charge in [-0.2, -0.15) is 4.57 Å². The number of thiol groups is 1. The first kappa shape index (κ1) is 16.5. The third-order valence-corrected chi connectivity index (χ3v) is 4.58. The Balaban J connectivity index is 1.87. The average molecular weight is 358 g/mol. The summed E-state index contributed by atoms with van der Waals surface area (Å²) in [5.74, 6) is 1.15. The third-order valence-electron chi connectivity index (χ3n) is 2.97. The zero-order chi connectivity index (χ0) is 16.8. The van der Waals surface area contributed by atoms with Crippen LogP contribution in [-0.2, 0) is 4.57 Å². The molecule has 0 aliphatic rings. The van der Waals surface area contributed by atoms with Crippen LogP contribution < -0.4 is 13.6 Å². The molecule has 0 radical (unpaired) electrons. The van der Waals surface area contributed by atoms with Gasteiger partial charge in [-0.05, 0) is 48.5 Å². The van der Waals surface area contributed by atoms with Crippen LogP contribution in [0.25, 0.3) is 0 Å². The maximum atomic E-state index is 13.1. The fraction of sp³-hybridized carbons (Fsp3) is 0. The van der Waals surface area contributed by atoms with E-state index in [0.29, 0.717) is 17.2 Å². The lowest BCUT2D eigenvalue weighted by Crippen LogP contribution is -2.07. The maximum absolute atomic E-state index is 13.1. The van der Waals surface area contributed by atoms with Crippen molar-refractivity contribution in [1.29, 1.82) is 0 Å². The highest BCUT2D eigenvalue weighted by molar-refractivity contribution is 7.80. The van der Waals surface area contributed by atoms with Crippen LogP contribution in [0.4, 0.5) is 0 Å². The maximum Gasteiger partial charge on any atom is 0.647 e. The van der Waals surface area contributed by atoms with Crippen LogP contribution in [0, 0.1) is 0 Å². The van der Waals surface area contributed by atoms with E-state index in [2.05, 4.69) is 12.6 Å². The highest BCUT2D eigenvalue weighted by Gasteiger charge is 2.33. The van der Waals surface area contributed by atoms with E-state index in [1.54, 1.807) is 72.8 Å². The van der Waals surface area contributed by atoms with Crippen LogP contribution in [0.2, 0.25) is 0 Å². The predicted octanol–water partition coefficient (Wildman–Crippen LogP) is 5.62. The fourth-order valence-corrected chi connectivity index (χ4v) is 3.31. The molecule has 0 fully saturated rings. The molecule has 3 rings (SSSR count). The number of para-hydroxylation sites is 2. The Kier molecular flexibility index (Phi) is 5.14. The largest absolute Gasteiger partial charge is 0.647 e. The van der Waals surface area contributed by atoms with Crippen molar-refractivity contribution in [2.75, 3.05) is 0 Å². The minimum absolute atomic E-state index is 0.364. The van der Waals surface area contributed by atoms with Crippen molar-refractivity contribution in [3.8, 4) is 17.2 Å².